The normalized spacial score (nSPS) is 10.9. The fourth-order valence-corrected chi connectivity index (χ4v) is 1.68. The minimum atomic E-state index is -0.119. The number of aromatic nitrogens is 2. The Bertz CT molecular complexity index is 528. The fourth-order valence-electron chi connectivity index (χ4n) is 1.68. The van der Waals surface area contributed by atoms with Crippen molar-refractivity contribution in [3.8, 4) is 0 Å². The molecule has 0 aliphatic rings. The molecule has 1 aromatic carbocycles. The van der Waals surface area contributed by atoms with Crippen LogP contribution in [0.25, 0.3) is 10.9 Å². The summed E-state index contributed by atoms with van der Waals surface area (Å²) in [5.41, 5.74) is 7.88. The van der Waals surface area contributed by atoms with Crippen molar-refractivity contribution in [1.29, 1.82) is 0 Å². The maximum absolute atomic E-state index is 11.6. The Hall–Kier alpha value is -1.68. The number of hydrogen-bond acceptors (Lipinski definition) is 3. The topological polar surface area (TPSA) is 60.9 Å². The largest absolute Gasteiger partial charge is 0.324 e. The third-order valence-corrected chi connectivity index (χ3v) is 2.46. The molecule has 0 radical (unpaired) electrons. The first-order valence-electron chi connectivity index (χ1n) is 4.80. The number of ketones is 1. The van der Waals surface area contributed by atoms with Gasteiger partial charge in [-0.15, -0.1) is 0 Å². The SMILES string of the molecule is Cc1ccc2c(c1)c(C(=O)CN)nn2C. The molecule has 0 aliphatic heterocycles. The third kappa shape index (κ3) is 1.53. The van der Waals surface area contributed by atoms with Crippen LogP contribution in [0.5, 0.6) is 0 Å². The molecule has 15 heavy (non-hydrogen) atoms. The number of benzene rings is 1. The summed E-state index contributed by atoms with van der Waals surface area (Å²) in [5, 5.41) is 5.07. The number of Topliss-reactive ketones (excluding diaryl/α,β-unsaturated/α-hetero) is 1. The van der Waals surface area contributed by atoms with E-state index < -0.39 is 0 Å². The van der Waals surface area contributed by atoms with Crippen molar-refractivity contribution in [3.63, 3.8) is 0 Å². The number of carbonyl (C=O) groups is 1. The van der Waals surface area contributed by atoms with E-state index >= 15 is 0 Å². The van der Waals surface area contributed by atoms with Crippen LogP contribution in [-0.4, -0.2) is 22.1 Å². The van der Waals surface area contributed by atoms with Crippen molar-refractivity contribution in [2.45, 2.75) is 6.92 Å². The average Bonchev–Trinajstić information content (AvgIpc) is 2.54. The highest BCUT2D eigenvalue weighted by Crippen LogP contribution is 2.19. The van der Waals surface area contributed by atoms with Crippen molar-refractivity contribution >= 4 is 16.7 Å². The van der Waals surface area contributed by atoms with Gasteiger partial charge in [-0.1, -0.05) is 11.6 Å². The zero-order chi connectivity index (χ0) is 11.0. The van der Waals surface area contributed by atoms with E-state index in [1.807, 2.05) is 32.2 Å². The van der Waals surface area contributed by atoms with Crippen molar-refractivity contribution in [2.75, 3.05) is 6.54 Å². The molecule has 78 valence electrons. The van der Waals surface area contributed by atoms with E-state index in [4.69, 9.17) is 5.73 Å². The molecule has 0 amide bonds. The van der Waals surface area contributed by atoms with Crippen molar-refractivity contribution < 1.29 is 4.79 Å². The van der Waals surface area contributed by atoms with Crippen LogP contribution >= 0.6 is 0 Å². The number of rotatable bonds is 2. The van der Waals surface area contributed by atoms with Gasteiger partial charge in [-0.3, -0.25) is 9.48 Å². The first kappa shape index (κ1) is 9.86. The molecule has 2 N–H and O–H groups in total. The molecule has 0 saturated carbocycles. The lowest BCUT2D eigenvalue weighted by molar-refractivity contribution is 0.0997. The maximum atomic E-state index is 11.6. The summed E-state index contributed by atoms with van der Waals surface area (Å²) in [6.07, 6.45) is 0. The number of hydrogen-bond donors (Lipinski definition) is 1. The minimum absolute atomic E-state index is 0.0000548. The van der Waals surface area contributed by atoms with Gasteiger partial charge >= 0.3 is 0 Å². The summed E-state index contributed by atoms with van der Waals surface area (Å²) in [6.45, 7) is 1.99. The average molecular weight is 203 g/mol. The maximum Gasteiger partial charge on any atom is 0.197 e. The van der Waals surface area contributed by atoms with Crippen molar-refractivity contribution in [2.24, 2.45) is 12.8 Å². The molecule has 4 nitrogen and oxygen atoms in total. The standard InChI is InChI=1S/C11H13N3O/c1-7-3-4-9-8(5-7)11(10(15)6-12)13-14(9)2/h3-5H,6,12H2,1-2H3. The zero-order valence-corrected chi connectivity index (χ0v) is 8.82. The Morgan fingerprint density at radius 3 is 2.93 bits per heavy atom. The molecule has 1 aromatic heterocycles. The van der Waals surface area contributed by atoms with Crippen LogP contribution in [0.2, 0.25) is 0 Å². The van der Waals surface area contributed by atoms with Gasteiger partial charge in [0.05, 0.1) is 12.1 Å². The van der Waals surface area contributed by atoms with Gasteiger partial charge in [0.1, 0.15) is 5.69 Å². The highest BCUT2D eigenvalue weighted by Gasteiger charge is 2.14. The number of nitrogens with two attached hydrogens (primary N) is 1. The summed E-state index contributed by atoms with van der Waals surface area (Å²) in [6, 6.07) is 5.93. The predicted octanol–water partition coefficient (Wildman–Crippen LogP) is 1.02. The third-order valence-electron chi connectivity index (χ3n) is 2.46. The monoisotopic (exact) mass is 203 g/mol. The molecule has 0 spiro atoms. The Morgan fingerprint density at radius 2 is 2.27 bits per heavy atom. The quantitative estimate of drug-likeness (QED) is 0.741. The van der Waals surface area contributed by atoms with Gasteiger partial charge in [-0.2, -0.15) is 5.10 Å². The summed E-state index contributed by atoms with van der Waals surface area (Å²) >= 11 is 0. The molecular weight excluding hydrogens is 190 g/mol. The number of aryl methyl sites for hydroxylation is 2. The van der Waals surface area contributed by atoms with E-state index in [0.29, 0.717) is 5.69 Å². The second-order valence-electron chi connectivity index (χ2n) is 3.62. The van der Waals surface area contributed by atoms with Crippen molar-refractivity contribution in [1.82, 2.24) is 9.78 Å². The molecule has 2 aromatic rings. The molecule has 0 fully saturated rings. The molecule has 4 heteroatoms. The predicted molar refractivity (Wildman–Crippen MR) is 58.8 cm³/mol. The van der Waals surface area contributed by atoms with E-state index in [1.54, 1.807) is 4.68 Å². The molecular formula is C11H13N3O. The van der Waals surface area contributed by atoms with E-state index in [0.717, 1.165) is 16.5 Å². The van der Waals surface area contributed by atoms with Crippen molar-refractivity contribution in [3.05, 3.63) is 29.5 Å². The zero-order valence-electron chi connectivity index (χ0n) is 8.82. The van der Waals surface area contributed by atoms with E-state index in [-0.39, 0.29) is 12.3 Å². The second kappa shape index (κ2) is 3.47. The lowest BCUT2D eigenvalue weighted by Crippen LogP contribution is -2.14. The van der Waals surface area contributed by atoms with Crippen LogP contribution in [0.4, 0.5) is 0 Å². The van der Waals surface area contributed by atoms with Gasteiger partial charge in [-0.05, 0) is 19.1 Å². The summed E-state index contributed by atoms with van der Waals surface area (Å²) in [5.74, 6) is -0.119. The lowest BCUT2D eigenvalue weighted by atomic mass is 10.1. The van der Waals surface area contributed by atoms with Crippen LogP contribution < -0.4 is 5.73 Å². The first-order valence-corrected chi connectivity index (χ1v) is 4.80. The highest BCUT2D eigenvalue weighted by atomic mass is 16.1. The second-order valence-corrected chi connectivity index (χ2v) is 3.62. The van der Waals surface area contributed by atoms with Crippen LogP contribution in [0.1, 0.15) is 16.1 Å². The summed E-state index contributed by atoms with van der Waals surface area (Å²) in [4.78, 5) is 11.6. The molecule has 0 unspecified atom stereocenters. The van der Waals surface area contributed by atoms with E-state index in [2.05, 4.69) is 5.10 Å². The Balaban J connectivity index is 2.75. The first-order chi connectivity index (χ1) is 7.13. The number of fused-ring (bicyclic) bond motifs is 1. The van der Waals surface area contributed by atoms with E-state index in [1.165, 1.54) is 0 Å². The highest BCUT2D eigenvalue weighted by molar-refractivity contribution is 6.07. The molecule has 0 bridgehead atoms. The number of carbonyl (C=O) groups excluding carboxylic acids is 1. The van der Waals surface area contributed by atoms with Gasteiger partial charge in [0.2, 0.25) is 0 Å². The molecule has 1 heterocycles. The minimum Gasteiger partial charge on any atom is -0.324 e. The Morgan fingerprint density at radius 1 is 1.53 bits per heavy atom. The Labute approximate surface area is 87.7 Å². The molecule has 0 aliphatic carbocycles. The Kier molecular flexibility index (Phi) is 2.28. The van der Waals surface area contributed by atoms with Crippen LogP contribution in [0.3, 0.4) is 0 Å². The summed E-state index contributed by atoms with van der Waals surface area (Å²) in [7, 11) is 1.82. The molecule has 2 rings (SSSR count). The summed E-state index contributed by atoms with van der Waals surface area (Å²) < 4.78 is 1.71. The smallest absolute Gasteiger partial charge is 0.197 e. The van der Waals surface area contributed by atoms with Gasteiger partial charge in [-0.25, -0.2) is 0 Å². The molecule has 0 saturated heterocycles. The van der Waals surface area contributed by atoms with Gasteiger partial charge in [0, 0.05) is 12.4 Å². The fraction of sp³-hybridized carbons (Fsp3) is 0.273. The van der Waals surface area contributed by atoms with Gasteiger partial charge in [0.15, 0.2) is 5.78 Å². The molecule has 0 atom stereocenters. The van der Waals surface area contributed by atoms with Gasteiger partial charge < -0.3 is 5.73 Å². The van der Waals surface area contributed by atoms with Crippen LogP contribution in [-0.2, 0) is 7.05 Å². The van der Waals surface area contributed by atoms with Gasteiger partial charge in [0.25, 0.3) is 0 Å². The van der Waals surface area contributed by atoms with E-state index in [9.17, 15) is 4.79 Å². The number of nitrogens with zero attached hydrogens (tertiary/aromatic N) is 2. The van der Waals surface area contributed by atoms with Crippen LogP contribution in [0.15, 0.2) is 18.2 Å². The van der Waals surface area contributed by atoms with Crippen LogP contribution in [0, 0.1) is 6.92 Å². The lowest BCUT2D eigenvalue weighted by Gasteiger charge is -1.95.